The number of nitrogens with one attached hydrogen (secondary N) is 2. The van der Waals surface area contributed by atoms with Crippen LogP contribution in [-0.4, -0.2) is 10.3 Å². The summed E-state index contributed by atoms with van der Waals surface area (Å²) >= 11 is 0. The minimum Gasteiger partial charge on any atom is -0.361 e. The van der Waals surface area contributed by atoms with Gasteiger partial charge in [-0.1, -0.05) is 117 Å². The Morgan fingerprint density at radius 3 is 1.96 bits per heavy atom. The molecular weight excluding hydrogens is 609 g/mol. The molecule has 1 aliphatic heterocycles. The van der Waals surface area contributed by atoms with Gasteiger partial charge in [-0.3, -0.25) is 0 Å². The fraction of sp³-hybridized carbons (Fsp3) is 0.0652. The van der Waals surface area contributed by atoms with Crippen LogP contribution in [0.5, 0.6) is 0 Å². The SMILES string of the molecule is CC1(C)c2ccccc2N(c2ccc(-n3c4c(c5ccccc53)C=CC(=N)/C4=C\Nc3cccc(-c4ccccc4)c3)cc2)c2ccccc21. The summed E-state index contributed by atoms with van der Waals surface area (Å²) < 4.78 is 2.31. The van der Waals surface area contributed by atoms with Gasteiger partial charge in [-0.2, -0.15) is 0 Å². The van der Waals surface area contributed by atoms with Crippen molar-refractivity contribution in [1.82, 2.24) is 4.57 Å². The number of nitrogens with zero attached hydrogens (tertiary/aromatic N) is 2. The molecule has 240 valence electrons. The fourth-order valence-electron chi connectivity index (χ4n) is 7.77. The van der Waals surface area contributed by atoms with Gasteiger partial charge in [-0.05, 0) is 82.9 Å². The number of benzene rings is 6. The maximum atomic E-state index is 9.08. The van der Waals surface area contributed by atoms with E-state index in [-0.39, 0.29) is 5.41 Å². The number of para-hydroxylation sites is 3. The van der Waals surface area contributed by atoms with E-state index in [1.807, 2.05) is 18.3 Å². The van der Waals surface area contributed by atoms with Gasteiger partial charge in [0.2, 0.25) is 0 Å². The van der Waals surface area contributed by atoms with E-state index >= 15 is 0 Å². The second kappa shape index (κ2) is 11.6. The van der Waals surface area contributed by atoms with Crippen molar-refractivity contribution in [3.8, 4) is 16.8 Å². The molecule has 6 aromatic carbocycles. The molecule has 0 unspecified atom stereocenters. The van der Waals surface area contributed by atoms with E-state index in [1.165, 1.54) is 28.1 Å². The van der Waals surface area contributed by atoms with Crippen LogP contribution in [-0.2, 0) is 5.41 Å². The molecule has 0 amide bonds. The highest BCUT2D eigenvalue weighted by atomic mass is 15.2. The number of allylic oxidation sites excluding steroid dienone is 2. The predicted molar refractivity (Wildman–Crippen MR) is 210 cm³/mol. The summed E-state index contributed by atoms with van der Waals surface area (Å²) in [4.78, 5) is 2.39. The monoisotopic (exact) mass is 644 g/mol. The molecule has 4 nitrogen and oxygen atoms in total. The number of anilines is 4. The normalized spacial score (nSPS) is 15.1. The molecule has 0 atom stereocenters. The second-order valence-corrected chi connectivity index (χ2v) is 13.5. The standard InChI is InChI=1S/C46H36N4/c1-46(2)39-18-7-10-21-43(39)49(44-22-11-8-19-40(44)46)34-23-25-35(26-24-34)50-42-20-9-6-17-36(42)37-27-28-41(47)38(45(37)50)30-48-33-16-12-15-32(29-33)31-13-4-3-5-14-31/h3-30,47-48H,1-2H3/b38-30+,47-41?. The molecule has 2 N–H and O–H groups in total. The van der Waals surface area contributed by atoms with Crippen LogP contribution in [0.1, 0.15) is 36.2 Å². The Kier molecular flexibility index (Phi) is 6.92. The fourth-order valence-corrected chi connectivity index (χ4v) is 7.77. The zero-order valence-electron chi connectivity index (χ0n) is 28.1. The second-order valence-electron chi connectivity index (χ2n) is 13.5. The van der Waals surface area contributed by atoms with Gasteiger partial charge in [-0.15, -0.1) is 0 Å². The number of fused-ring (bicyclic) bond motifs is 5. The summed E-state index contributed by atoms with van der Waals surface area (Å²) in [5.74, 6) is 0. The van der Waals surface area contributed by atoms with Crippen LogP contribution in [0, 0.1) is 5.41 Å². The number of hydrogen-bond donors (Lipinski definition) is 2. The largest absolute Gasteiger partial charge is 0.361 e. The predicted octanol–water partition coefficient (Wildman–Crippen LogP) is 11.9. The lowest BCUT2D eigenvalue weighted by Crippen LogP contribution is -2.30. The highest BCUT2D eigenvalue weighted by Crippen LogP contribution is 2.51. The van der Waals surface area contributed by atoms with Crippen molar-refractivity contribution in [2.75, 3.05) is 10.2 Å². The highest BCUT2D eigenvalue weighted by Gasteiger charge is 2.36. The number of rotatable bonds is 5. The van der Waals surface area contributed by atoms with E-state index in [1.54, 1.807) is 0 Å². The van der Waals surface area contributed by atoms with Crippen molar-refractivity contribution >= 4 is 51.0 Å². The molecule has 0 spiro atoms. The van der Waals surface area contributed by atoms with Gasteiger partial charge in [0.15, 0.2) is 0 Å². The molecule has 0 radical (unpaired) electrons. The topological polar surface area (TPSA) is 44.1 Å². The van der Waals surface area contributed by atoms with E-state index < -0.39 is 0 Å². The Morgan fingerprint density at radius 2 is 1.22 bits per heavy atom. The molecular formula is C46H36N4. The Hall–Kier alpha value is -6.39. The van der Waals surface area contributed by atoms with Gasteiger partial charge in [0.05, 0.1) is 28.3 Å². The van der Waals surface area contributed by atoms with Gasteiger partial charge < -0.3 is 20.2 Å². The van der Waals surface area contributed by atoms with Crippen molar-refractivity contribution in [3.05, 3.63) is 186 Å². The summed E-state index contributed by atoms with van der Waals surface area (Å²) in [6.45, 7) is 4.63. The zero-order chi connectivity index (χ0) is 33.8. The van der Waals surface area contributed by atoms with Crippen LogP contribution in [0.4, 0.5) is 22.7 Å². The van der Waals surface area contributed by atoms with Crippen molar-refractivity contribution in [1.29, 1.82) is 5.41 Å². The van der Waals surface area contributed by atoms with Crippen molar-refractivity contribution in [2.45, 2.75) is 19.3 Å². The average molecular weight is 645 g/mol. The smallest absolute Gasteiger partial charge is 0.0649 e. The van der Waals surface area contributed by atoms with Gasteiger partial charge in [0.25, 0.3) is 0 Å². The zero-order valence-corrected chi connectivity index (χ0v) is 28.1. The molecule has 50 heavy (non-hydrogen) atoms. The summed E-state index contributed by atoms with van der Waals surface area (Å²) in [7, 11) is 0. The minimum absolute atomic E-state index is 0.107. The first-order valence-electron chi connectivity index (χ1n) is 17.1. The van der Waals surface area contributed by atoms with Gasteiger partial charge >= 0.3 is 0 Å². The Morgan fingerprint density at radius 1 is 0.600 bits per heavy atom. The molecule has 9 rings (SSSR count). The molecule has 4 heteroatoms. The first kappa shape index (κ1) is 29.7. The minimum atomic E-state index is -0.107. The maximum Gasteiger partial charge on any atom is 0.0649 e. The number of aromatic nitrogens is 1. The van der Waals surface area contributed by atoms with Crippen molar-refractivity contribution in [3.63, 3.8) is 0 Å². The van der Waals surface area contributed by atoms with Crippen LogP contribution in [0.25, 0.3) is 39.4 Å². The van der Waals surface area contributed by atoms with Crippen LogP contribution in [0.2, 0.25) is 0 Å². The third-order valence-corrected chi connectivity index (χ3v) is 10.2. The quantitative estimate of drug-likeness (QED) is 0.196. The lowest BCUT2D eigenvalue weighted by Gasteiger charge is -2.42. The summed E-state index contributed by atoms with van der Waals surface area (Å²) in [6, 6.07) is 53.7. The first-order valence-corrected chi connectivity index (χ1v) is 17.1. The van der Waals surface area contributed by atoms with Crippen LogP contribution in [0.15, 0.2) is 164 Å². The third-order valence-electron chi connectivity index (χ3n) is 10.2. The van der Waals surface area contributed by atoms with E-state index in [0.717, 1.165) is 50.4 Å². The molecule has 0 saturated carbocycles. The average Bonchev–Trinajstić information content (AvgIpc) is 3.50. The van der Waals surface area contributed by atoms with Crippen molar-refractivity contribution in [2.24, 2.45) is 0 Å². The molecule has 0 saturated heterocycles. The maximum absolute atomic E-state index is 9.08. The van der Waals surface area contributed by atoms with E-state index in [4.69, 9.17) is 5.41 Å². The molecule has 1 aliphatic carbocycles. The highest BCUT2D eigenvalue weighted by molar-refractivity contribution is 6.32. The van der Waals surface area contributed by atoms with E-state index in [0.29, 0.717) is 5.71 Å². The lowest BCUT2D eigenvalue weighted by atomic mass is 9.73. The Bertz CT molecular complexity index is 2450. The summed E-state index contributed by atoms with van der Waals surface area (Å²) in [5.41, 5.74) is 14.9. The molecule has 1 aromatic heterocycles. The summed E-state index contributed by atoms with van der Waals surface area (Å²) in [6.07, 6.45) is 5.98. The lowest BCUT2D eigenvalue weighted by molar-refractivity contribution is 0.632. The number of hydrogen-bond acceptors (Lipinski definition) is 3. The van der Waals surface area contributed by atoms with Crippen LogP contribution < -0.4 is 10.2 Å². The molecule has 2 aliphatic rings. The Balaban J connectivity index is 1.15. The Labute approximate surface area is 292 Å². The van der Waals surface area contributed by atoms with Gasteiger partial charge in [-0.25, -0.2) is 0 Å². The molecule has 7 aromatic rings. The molecule has 2 heterocycles. The van der Waals surface area contributed by atoms with Crippen LogP contribution >= 0.6 is 0 Å². The van der Waals surface area contributed by atoms with E-state index in [9.17, 15) is 0 Å². The molecule has 0 fully saturated rings. The summed E-state index contributed by atoms with van der Waals surface area (Å²) in [5, 5.41) is 13.8. The third kappa shape index (κ3) is 4.72. The molecule has 0 bridgehead atoms. The van der Waals surface area contributed by atoms with Crippen LogP contribution in [0.3, 0.4) is 0 Å². The van der Waals surface area contributed by atoms with E-state index in [2.05, 4.69) is 180 Å². The van der Waals surface area contributed by atoms with Gasteiger partial charge in [0.1, 0.15) is 0 Å². The van der Waals surface area contributed by atoms with Gasteiger partial charge in [0, 0.05) is 45.2 Å². The van der Waals surface area contributed by atoms with Crippen molar-refractivity contribution < 1.29 is 0 Å². The first-order chi connectivity index (χ1) is 24.5.